The molecule has 2 aliphatic heterocycles. The monoisotopic (exact) mass is 299 g/mol. The number of hydrogen-bond donors (Lipinski definition) is 2. The first kappa shape index (κ1) is 14.3. The molecule has 0 radical (unpaired) electrons. The highest BCUT2D eigenvalue weighted by molar-refractivity contribution is 5.21. The van der Waals surface area contributed by atoms with E-state index in [1.165, 1.54) is 12.3 Å². The summed E-state index contributed by atoms with van der Waals surface area (Å²) in [4.78, 5) is 8.88. The number of piperidine rings is 1. The van der Waals surface area contributed by atoms with Crippen LogP contribution in [-0.4, -0.2) is 18.1 Å². The number of hydroxylamine groups is 1. The summed E-state index contributed by atoms with van der Waals surface area (Å²) in [6.45, 7) is 1.50. The quantitative estimate of drug-likeness (QED) is 0.881. The van der Waals surface area contributed by atoms with E-state index in [0.29, 0.717) is 6.54 Å². The van der Waals surface area contributed by atoms with Crippen LogP contribution in [0.1, 0.15) is 30.1 Å². The van der Waals surface area contributed by atoms with Gasteiger partial charge in [-0.05, 0) is 37.1 Å². The molecule has 1 fully saturated rings. The van der Waals surface area contributed by atoms with Gasteiger partial charge in [0.25, 0.3) is 0 Å². The van der Waals surface area contributed by atoms with Gasteiger partial charge in [0.15, 0.2) is 0 Å². The summed E-state index contributed by atoms with van der Waals surface area (Å²) >= 11 is 0. The minimum absolute atomic E-state index is 0.00336. The molecular weight excluding hydrogens is 283 g/mol. The van der Waals surface area contributed by atoms with E-state index in [0.717, 1.165) is 36.8 Å². The van der Waals surface area contributed by atoms with Crippen molar-refractivity contribution in [2.75, 3.05) is 13.1 Å². The summed E-state index contributed by atoms with van der Waals surface area (Å²) in [5, 5.41) is 3.32. The minimum atomic E-state index is -4.39. The topological polar surface area (TPSA) is 46.2 Å². The van der Waals surface area contributed by atoms with Crippen molar-refractivity contribution in [1.29, 1.82) is 0 Å². The van der Waals surface area contributed by atoms with Crippen molar-refractivity contribution in [2.45, 2.75) is 25.1 Å². The van der Waals surface area contributed by atoms with Gasteiger partial charge in [-0.3, -0.25) is 4.98 Å². The highest BCUT2D eigenvalue weighted by Gasteiger charge is 2.33. The molecule has 114 valence electrons. The Bertz CT molecular complexity index is 527. The van der Waals surface area contributed by atoms with Gasteiger partial charge in [0, 0.05) is 18.2 Å². The number of rotatable bonds is 2. The van der Waals surface area contributed by atoms with Crippen molar-refractivity contribution in [3.05, 3.63) is 41.4 Å². The predicted molar refractivity (Wildman–Crippen MR) is 69.9 cm³/mol. The van der Waals surface area contributed by atoms with Crippen LogP contribution in [-0.2, 0) is 11.0 Å². The van der Waals surface area contributed by atoms with Crippen LogP contribution in [0.2, 0.25) is 0 Å². The van der Waals surface area contributed by atoms with Crippen LogP contribution in [0.5, 0.6) is 0 Å². The zero-order valence-corrected chi connectivity index (χ0v) is 11.3. The highest BCUT2D eigenvalue weighted by atomic mass is 19.4. The van der Waals surface area contributed by atoms with Crippen LogP contribution in [0.3, 0.4) is 0 Å². The highest BCUT2D eigenvalue weighted by Crippen LogP contribution is 2.33. The van der Waals surface area contributed by atoms with Crippen molar-refractivity contribution in [2.24, 2.45) is 5.92 Å². The summed E-state index contributed by atoms with van der Waals surface area (Å²) in [6.07, 6.45) is 0.677. The third kappa shape index (κ3) is 3.19. The van der Waals surface area contributed by atoms with Gasteiger partial charge in [0.1, 0.15) is 11.5 Å². The molecule has 1 aromatic rings. The molecule has 3 rings (SSSR count). The van der Waals surface area contributed by atoms with E-state index in [-0.39, 0.29) is 12.0 Å². The molecule has 2 aliphatic rings. The number of allylic oxidation sites excluding steroid dienone is 1. The normalized spacial score (nSPS) is 26.3. The number of pyridine rings is 1. The Labute approximate surface area is 120 Å². The number of alkyl halides is 3. The Kier molecular flexibility index (Phi) is 3.86. The Morgan fingerprint density at radius 3 is 2.76 bits per heavy atom. The van der Waals surface area contributed by atoms with Gasteiger partial charge in [-0.15, -0.1) is 0 Å². The zero-order valence-electron chi connectivity index (χ0n) is 11.3. The van der Waals surface area contributed by atoms with Crippen LogP contribution in [0, 0.1) is 5.92 Å². The average molecular weight is 299 g/mol. The van der Waals surface area contributed by atoms with Gasteiger partial charge >= 0.3 is 6.18 Å². The number of nitrogens with one attached hydrogen (secondary N) is 2. The minimum Gasteiger partial charge on any atom is -0.413 e. The summed E-state index contributed by atoms with van der Waals surface area (Å²) in [6, 6.07) is 2.54. The van der Waals surface area contributed by atoms with Crippen LogP contribution in [0.25, 0.3) is 0 Å². The van der Waals surface area contributed by atoms with E-state index in [4.69, 9.17) is 4.84 Å². The summed E-state index contributed by atoms with van der Waals surface area (Å²) < 4.78 is 37.6. The van der Waals surface area contributed by atoms with Crippen molar-refractivity contribution >= 4 is 0 Å². The standard InChI is InChI=1S/C14H16F3N3O/c15-14(16,17)13-2-1-10(8-19-13)11-7-9(3-5-18-11)12-4-6-20-21-12/h1-2,4,8-9,11,18,20H,3,5-7H2/t9-,11+/m0/s1. The second-order valence-corrected chi connectivity index (χ2v) is 5.26. The molecule has 7 heteroatoms. The molecule has 2 atom stereocenters. The van der Waals surface area contributed by atoms with Crippen molar-refractivity contribution in [3.8, 4) is 0 Å². The Morgan fingerprint density at radius 1 is 1.29 bits per heavy atom. The lowest BCUT2D eigenvalue weighted by Gasteiger charge is -2.30. The van der Waals surface area contributed by atoms with Crippen LogP contribution < -0.4 is 10.8 Å². The van der Waals surface area contributed by atoms with Gasteiger partial charge in [-0.2, -0.15) is 18.7 Å². The summed E-state index contributed by atoms with van der Waals surface area (Å²) in [5.41, 5.74) is 2.72. The van der Waals surface area contributed by atoms with Crippen LogP contribution in [0.15, 0.2) is 30.2 Å². The van der Waals surface area contributed by atoms with Gasteiger partial charge in [0.05, 0.1) is 6.54 Å². The zero-order chi connectivity index (χ0) is 14.9. The first-order valence-electron chi connectivity index (χ1n) is 6.90. The van der Waals surface area contributed by atoms with E-state index in [9.17, 15) is 13.2 Å². The fourth-order valence-corrected chi connectivity index (χ4v) is 2.77. The largest absolute Gasteiger partial charge is 0.433 e. The average Bonchev–Trinajstić information content (AvgIpc) is 3.01. The number of halogens is 3. The fourth-order valence-electron chi connectivity index (χ4n) is 2.77. The van der Waals surface area contributed by atoms with Gasteiger partial charge in [-0.25, -0.2) is 0 Å². The van der Waals surface area contributed by atoms with Crippen LogP contribution in [0.4, 0.5) is 13.2 Å². The predicted octanol–water partition coefficient (Wildman–Crippen LogP) is 2.56. The smallest absolute Gasteiger partial charge is 0.413 e. The molecule has 0 bridgehead atoms. The van der Waals surface area contributed by atoms with E-state index >= 15 is 0 Å². The second kappa shape index (κ2) is 5.65. The molecule has 0 aromatic carbocycles. The maximum absolute atomic E-state index is 12.5. The van der Waals surface area contributed by atoms with Crippen molar-refractivity contribution in [1.82, 2.24) is 15.8 Å². The lowest BCUT2D eigenvalue weighted by atomic mass is 9.88. The molecule has 0 unspecified atom stereocenters. The van der Waals surface area contributed by atoms with E-state index in [1.807, 2.05) is 6.08 Å². The van der Waals surface area contributed by atoms with E-state index in [1.54, 1.807) is 0 Å². The molecule has 1 aromatic heterocycles. The van der Waals surface area contributed by atoms with E-state index < -0.39 is 11.9 Å². The van der Waals surface area contributed by atoms with Crippen molar-refractivity contribution in [3.63, 3.8) is 0 Å². The van der Waals surface area contributed by atoms with Gasteiger partial charge < -0.3 is 10.2 Å². The molecule has 3 heterocycles. The van der Waals surface area contributed by atoms with Gasteiger partial charge in [-0.1, -0.05) is 6.07 Å². The first-order valence-corrected chi connectivity index (χ1v) is 6.90. The molecule has 0 aliphatic carbocycles. The number of hydrogen-bond acceptors (Lipinski definition) is 4. The summed E-state index contributed by atoms with van der Waals surface area (Å²) in [5.74, 6) is 1.22. The third-order valence-corrected chi connectivity index (χ3v) is 3.86. The molecule has 0 spiro atoms. The lowest BCUT2D eigenvalue weighted by Crippen LogP contribution is -2.33. The Hall–Kier alpha value is -1.60. The number of nitrogens with zero attached hydrogens (tertiary/aromatic N) is 1. The maximum Gasteiger partial charge on any atom is 0.433 e. The van der Waals surface area contributed by atoms with Crippen LogP contribution >= 0.6 is 0 Å². The second-order valence-electron chi connectivity index (χ2n) is 5.26. The molecular formula is C14H16F3N3O. The molecule has 2 N–H and O–H groups in total. The summed E-state index contributed by atoms with van der Waals surface area (Å²) in [7, 11) is 0. The molecule has 4 nitrogen and oxygen atoms in total. The number of aromatic nitrogens is 1. The molecule has 21 heavy (non-hydrogen) atoms. The SMILES string of the molecule is FC(F)(F)c1ccc([C@H]2C[C@@H](C3=CCNO3)CCN2)cn1. The first-order chi connectivity index (χ1) is 10.0. The molecule has 0 amide bonds. The lowest BCUT2D eigenvalue weighted by molar-refractivity contribution is -0.141. The van der Waals surface area contributed by atoms with E-state index in [2.05, 4.69) is 15.8 Å². The maximum atomic E-state index is 12.5. The molecule has 1 saturated heterocycles. The van der Waals surface area contributed by atoms with Gasteiger partial charge in [0.2, 0.25) is 0 Å². The third-order valence-electron chi connectivity index (χ3n) is 3.86. The Morgan fingerprint density at radius 2 is 2.14 bits per heavy atom. The fraction of sp³-hybridized carbons (Fsp3) is 0.500. The van der Waals surface area contributed by atoms with Crippen molar-refractivity contribution < 1.29 is 18.0 Å². The molecule has 0 saturated carbocycles. The Balaban J connectivity index is 1.71.